The summed E-state index contributed by atoms with van der Waals surface area (Å²) < 4.78 is 27.3. The molecule has 0 bridgehead atoms. The Bertz CT molecular complexity index is 756. The van der Waals surface area contributed by atoms with E-state index in [1.54, 1.807) is 16.4 Å². The van der Waals surface area contributed by atoms with Crippen LogP contribution < -0.4 is 5.73 Å². The first kappa shape index (κ1) is 13.4. The summed E-state index contributed by atoms with van der Waals surface area (Å²) >= 11 is 0. The van der Waals surface area contributed by atoms with Crippen molar-refractivity contribution in [2.45, 2.75) is 30.7 Å². The van der Waals surface area contributed by atoms with E-state index in [-0.39, 0.29) is 6.04 Å². The predicted octanol–water partition coefficient (Wildman–Crippen LogP) is 2.60. The van der Waals surface area contributed by atoms with Gasteiger partial charge in [-0.25, -0.2) is 8.42 Å². The summed E-state index contributed by atoms with van der Waals surface area (Å²) in [6.45, 7) is 2.56. The van der Waals surface area contributed by atoms with Crippen LogP contribution in [-0.2, 0) is 10.0 Å². The van der Waals surface area contributed by atoms with Crippen LogP contribution in [0.1, 0.15) is 19.8 Å². The van der Waals surface area contributed by atoms with Gasteiger partial charge in [0.25, 0.3) is 0 Å². The Morgan fingerprint density at radius 1 is 1.15 bits per heavy atom. The average Bonchev–Trinajstić information content (AvgIpc) is 2.86. The molecule has 1 atom stereocenters. The highest BCUT2D eigenvalue weighted by molar-refractivity contribution is 7.89. The van der Waals surface area contributed by atoms with E-state index in [0.717, 1.165) is 18.2 Å². The summed E-state index contributed by atoms with van der Waals surface area (Å²) in [5.41, 5.74) is 6.55. The number of anilines is 1. The van der Waals surface area contributed by atoms with Crippen LogP contribution in [0.15, 0.2) is 41.3 Å². The first-order chi connectivity index (χ1) is 9.51. The smallest absolute Gasteiger partial charge is 0.243 e. The number of hydrogen-bond acceptors (Lipinski definition) is 3. The van der Waals surface area contributed by atoms with E-state index in [4.69, 9.17) is 5.73 Å². The highest BCUT2D eigenvalue weighted by Crippen LogP contribution is 2.32. The monoisotopic (exact) mass is 290 g/mol. The minimum Gasteiger partial charge on any atom is -0.398 e. The lowest BCUT2D eigenvalue weighted by Gasteiger charge is -2.22. The lowest BCUT2D eigenvalue weighted by molar-refractivity contribution is 0.409. The normalized spacial score (nSPS) is 20.6. The van der Waals surface area contributed by atoms with Gasteiger partial charge in [-0.3, -0.25) is 0 Å². The summed E-state index contributed by atoms with van der Waals surface area (Å²) in [6, 6.07) is 10.8. The van der Waals surface area contributed by atoms with Crippen LogP contribution in [0.25, 0.3) is 10.8 Å². The Labute approximate surface area is 119 Å². The van der Waals surface area contributed by atoms with Crippen molar-refractivity contribution < 1.29 is 8.42 Å². The quantitative estimate of drug-likeness (QED) is 0.865. The van der Waals surface area contributed by atoms with Crippen molar-refractivity contribution in [3.05, 3.63) is 36.4 Å². The van der Waals surface area contributed by atoms with E-state index in [9.17, 15) is 8.42 Å². The van der Waals surface area contributed by atoms with Gasteiger partial charge in [-0.1, -0.05) is 24.3 Å². The van der Waals surface area contributed by atoms with E-state index in [0.29, 0.717) is 22.5 Å². The van der Waals surface area contributed by atoms with Crippen molar-refractivity contribution in [3.8, 4) is 0 Å². The van der Waals surface area contributed by atoms with E-state index in [2.05, 4.69) is 0 Å². The number of hydrogen-bond donors (Lipinski definition) is 1. The molecule has 0 aromatic heterocycles. The molecule has 1 saturated heterocycles. The molecule has 4 nitrogen and oxygen atoms in total. The van der Waals surface area contributed by atoms with Crippen LogP contribution in [0.3, 0.4) is 0 Å². The lowest BCUT2D eigenvalue weighted by Crippen LogP contribution is -2.33. The molecule has 2 aromatic rings. The fourth-order valence-electron chi connectivity index (χ4n) is 2.91. The van der Waals surface area contributed by atoms with E-state index < -0.39 is 10.0 Å². The van der Waals surface area contributed by atoms with Crippen molar-refractivity contribution in [1.29, 1.82) is 0 Å². The van der Waals surface area contributed by atoms with E-state index in [1.165, 1.54) is 0 Å². The Morgan fingerprint density at radius 3 is 2.50 bits per heavy atom. The first-order valence-electron chi connectivity index (χ1n) is 6.81. The minimum absolute atomic E-state index is 0.0660. The fourth-order valence-corrected chi connectivity index (χ4v) is 4.81. The second kappa shape index (κ2) is 4.75. The van der Waals surface area contributed by atoms with Crippen molar-refractivity contribution >= 4 is 26.5 Å². The Hall–Kier alpha value is -1.59. The second-order valence-corrected chi connectivity index (χ2v) is 7.16. The molecule has 3 rings (SSSR count). The van der Waals surface area contributed by atoms with Crippen LogP contribution in [0.2, 0.25) is 0 Å². The predicted molar refractivity (Wildman–Crippen MR) is 80.9 cm³/mol. The molecule has 0 saturated carbocycles. The number of nitrogens with zero attached hydrogens (tertiary/aromatic N) is 1. The van der Waals surface area contributed by atoms with Crippen LogP contribution >= 0.6 is 0 Å². The number of nitrogen functional groups attached to an aromatic ring is 1. The maximum atomic E-state index is 12.9. The molecule has 0 aliphatic carbocycles. The molecule has 1 aliphatic heterocycles. The second-order valence-electron chi connectivity index (χ2n) is 5.31. The Balaban J connectivity index is 2.22. The van der Waals surface area contributed by atoms with Gasteiger partial charge in [0.05, 0.1) is 4.90 Å². The molecular weight excluding hydrogens is 272 g/mol. The summed E-state index contributed by atoms with van der Waals surface area (Å²) in [6.07, 6.45) is 1.85. The third-order valence-corrected chi connectivity index (χ3v) is 6.07. The summed E-state index contributed by atoms with van der Waals surface area (Å²) in [4.78, 5) is 0.357. The Kier molecular flexibility index (Phi) is 3.18. The molecule has 1 unspecified atom stereocenters. The largest absolute Gasteiger partial charge is 0.398 e. The van der Waals surface area contributed by atoms with Gasteiger partial charge < -0.3 is 5.73 Å². The SMILES string of the molecule is CC1CCCN1S(=O)(=O)c1ccc(N)c2ccccc12. The molecule has 0 radical (unpaired) electrons. The molecule has 2 N–H and O–H groups in total. The van der Waals surface area contributed by atoms with Crippen LogP contribution in [0, 0.1) is 0 Å². The van der Waals surface area contributed by atoms with E-state index >= 15 is 0 Å². The number of fused-ring (bicyclic) bond motifs is 1. The molecule has 0 amide bonds. The molecule has 106 valence electrons. The third-order valence-electron chi connectivity index (χ3n) is 4.00. The van der Waals surface area contributed by atoms with Crippen molar-refractivity contribution in [3.63, 3.8) is 0 Å². The van der Waals surface area contributed by atoms with Gasteiger partial charge in [-0.05, 0) is 31.9 Å². The molecule has 1 heterocycles. The lowest BCUT2D eigenvalue weighted by atomic mass is 10.1. The third kappa shape index (κ3) is 1.98. The van der Waals surface area contributed by atoms with Crippen molar-refractivity contribution in [2.75, 3.05) is 12.3 Å². The standard InChI is InChI=1S/C15H18N2O2S/c1-11-5-4-10-17(11)20(18,19)15-9-8-14(16)12-6-2-3-7-13(12)15/h2-3,6-9,11H,4-5,10,16H2,1H3. The fraction of sp³-hybridized carbons (Fsp3) is 0.333. The van der Waals surface area contributed by atoms with Crippen LogP contribution in [-0.4, -0.2) is 25.3 Å². The topological polar surface area (TPSA) is 63.4 Å². The van der Waals surface area contributed by atoms with E-state index in [1.807, 2.05) is 31.2 Å². The molecule has 1 aliphatic rings. The van der Waals surface area contributed by atoms with Crippen molar-refractivity contribution in [1.82, 2.24) is 4.31 Å². The summed E-state index contributed by atoms with van der Waals surface area (Å²) in [7, 11) is -3.45. The number of nitrogens with two attached hydrogens (primary N) is 1. The van der Waals surface area contributed by atoms with Gasteiger partial charge in [0.2, 0.25) is 10.0 Å². The number of benzene rings is 2. The van der Waals surface area contributed by atoms with Gasteiger partial charge in [0.1, 0.15) is 0 Å². The Morgan fingerprint density at radius 2 is 1.85 bits per heavy atom. The summed E-state index contributed by atoms with van der Waals surface area (Å²) in [5.74, 6) is 0. The molecular formula is C15H18N2O2S. The maximum absolute atomic E-state index is 12.9. The van der Waals surface area contributed by atoms with Crippen molar-refractivity contribution in [2.24, 2.45) is 0 Å². The van der Waals surface area contributed by atoms with Gasteiger partial charge in [0.15, 0.2) is 0 Å². The molecule has 0 spiro atoms. The average molecular weight is 290 g/mol. The molecule has 2 aromatic carbocycles. The van der Waals surface area contributed by atoms with Gasteiger partial charge >= 0.3 is 0 Å². The number of rotatable bonds is 2. The number of sulfonamides is 1. The zero-order chi connectivity index (χ0) is 14.3. The van der Waals surface area contributed by atoms with Gasteiger partial charge in [-0.15, -0.1) is 0 Å². The minimum atomic E-state index is -3.45. The van der Waals surface area contributed by atoms with Crippen LogP contribution in [0.5, 0.6) is 0 Å². The van der Waals surface area contributed by atoms with Gasteiger partial charge in [0, 0.05) is 29.0 Å². The molecule has 1 fully saturated rings. The summed E-state index contributed by atoms with van der Waals surface area (Å²) in [5, 5.41) is 1.49. The molecule has 5 heteroatoms. The van der Waals surface area contributed by atoms with Crippen LogP contribution in [0.4, 0.5) is 5.69 Å². The highest BCUT2D eigenvalue weighted by atomic mass is 32.2. The van der Waals surface area contributed by atoms with Gasteiger partial charge in [-0.2, -0.15) is 4.31 Å². The first-order valence-corrected chi connectivity index (χ1v) is 8.25. The maximum Gasteiger partial charge on any atom is 0.243 e. The zero-order valence-electron chi connectivity index (χ0n) is 11.4. The highest BCUT2D eigenvalue weighted by Gasteiger charge is 2.33. The molecule has 20 heavy (non-hydrogen) atoms. The zero-order valence-corrected chi connectivity index (χ0v) is 12.2.